The van der Waals surface area contributed by atoms with Gasteiger partial charge in [-0.2, -0.15) is 0 Å². The molecule has 0 aromatic carbocycles. The normalized spacial score (nSPS) is 40.3. The van der Waals surface area contributed by atoms with Crippen molar-refractivity contribution in [2.24, 2.45) is 23.0 Å². The molecule has 19 heavy (non-hydrogen) atoms. The van der Waals surface area contributed by atoms with Gasteiger partial charge in [0.2, 0.25) is 0 Å². The molecule has 110 valence electrons. The summed E-state index contributed by atoms with van der Waals surface area (Å²) < 4.78 is 0. The van der Waals surface area contributed by atoms with Gasteiger partial charge in [0.25, 0.3) is 0 Å². The molecule has 2 saturated carbocycles. The third-order valence-corrected chi connectivity index (χ3v) is 6.40. The van der Waals surface area contributed by atoms with Crippen LogP contribution in [0.2, 0.25) is 0 Å². The molecule has 2 N–H and O–H groups in total. The van der Waals surface area contributed by atoms with Crippen molar-refractivity contribution in [1.29, 1.82) is 0 Å². The van der Waals surface area contributed by atoms with E-state index in [1.165, 1.54) is 64.5 Å². The van der Waals surface area contributed by atoms with Gasteiger partial charge in [0, 0.05) is 18.6 Å². The highest BCUT2D eigenvalue weighted by Gasteiger charge is 2.42. The molecule has 0 aromatic rings. The van der Waals surface area contributed by atoms with Gasteiger partial charge < -0.3 is 5.73 Å². The molecule has 0 radical (unpaired) electrons. The van der Waals surface area contributed by atoms with Crippen LogP contribution in [-0.2, 0) is 0 Å². The minimum atomic E-state index is 0.368. The predicted octanol–water partition coefficient (Wildman–Crippen LogP) is 3.40. The largest absolute Gasteiger partial charge is 0.327 e. The Morgan fingerprint density at radius 3 is 2.42 bits per heavy atom. The van der Waals surface area contributed by atoms with Gasteiger partial charge in [0.1, 0.15) is 0 Å². The lowest BCUT2D eigenvalue weighted by Crippen LogP contribution is -2.44. The summed E-state index contributed by atoms with van der Waals surface area (Å²) in [5, 5.41) is 0. The minimum absolute atomic E-state index is 0.368. The van der Waals surface area contributed by atoms with Crippen LogP contribution in [0.4, 0.5) is 0 Å². The van der Waals surface area contributed by atoms with Crippen molar-refractivity contribution < 1.29 is 0 Å². The van der Waals surface area contributed by atoms with Crippen LogP contribution in [0.3, 0.4) is 0 Å². The molecule has 3 unspecified atom stereocenters. The molecule has 2 heteroatoms. The molecule has 3 fully saturated rings. The lowest BCUT2D eigenvalue weighted by molar-refractivity contribution is 0.152. The van der Waals surface area contributed by atoms with Crippen LogP contribution in [0.25, 0.3) is 0 Å². The lowest BCUT2D eigenvalue weighted by atomic mass is 9.85. The van der Waals surface area contributed by atoms with E-state index in [1.54, 1.807) is 0 Å². The van der Waals surface area contributed by atoms with Gasteiger partial charge in [-0.15, -0.1) is 0 Å². The summed E-state index contributed by atoms with van der Waals surface area (Å²) in [5.74, 6) is 1.75. The molecule has 3 atom stereocenters. The van der Waals surface area contributed by atoms with E-state index in [1.807, 2.05) is 0 Å². The molecule has 0 amide bonds. The van der Waals surface area contributed by atoms with Gasteiger partial charge in [-0.3, -0.25) is 4.90 Å². The molecular weight excluding hydrogens is 232 g/mol. The van der Waals surface area contributed by atoms with Crippen molar-refractivity contribution in [3.05, 3.63) is 0 Å². The van der Waals surface area contributed by atoms with E-state index in [0.717, 1.165) is 17.9 Å². The minimum Gasteiger partial charge on any atom is -0.327 e. The molecule has 0 spiro atoms. The molecular formula is C17H32N2. The van der Waals surface area contributed by atoms with Gasteiger partial charge in [-0.05, 0) is 62.3 Å². The van der Waals surface area contributed by atoms with Crippen molar-refractivity contribution in [1.82, 2.24) is 4.90 Å². The van der Waals surface area contributed by atoms with Gasteiger partial charge in [0.05, 0.1) is 0 Å². The molecule has 0 bridgehead atoms. The van der Waals surface area contributed by atoms with E-state index in [0.29, 0.717) is 11.5 Å². The molecule has 3 rings (SSSR count). The molecule has 1 aliphatic heterocycles. The number of hydrogen-bond acceptors (Lipinski definition) is 2. The fourth-order valence-electron chi connectivity index (χ4n) is 5.00. The third-order valence-electron chi connectivity index (χ3n) is 6.40. The average Bonchev–Trinajstić information content (AvgIpc) is 3.07. The maximum atomic E-state index is 6.51. The second kappa shape index (κ2) is 5.37. The summed E-state index contributed by atoms with van der Waals surface area (Å²) in [5.41, 5.74) is 6.88. The second-order valence-electron chi connectivity index (χ2n) is 8.06. The maximum Gasteiger partial charge on any atom is 0.0131 e. The fraction of sp³-hybridized carbons (Fsp3) is 1.00. The molecule has 1 saturated heterocycles. The van der Waals surface area contributed by atoms with E-state index in [2.05, 4.69) is 18.7 Å². The van der Waals surface area contributed by atoms with Crippen molar-refractivity contribution in [2.75, 3.05) is 13.1 Å². The topological polar surface area (TPSA) is 29.3 Å². The van der Waals surface area contributed by atoms with Crippen molar-refractivity contribution in [3.8, 4) is 0 Å². The quantitative estimate of drug-likeness (QED) is 0.846. The van der Waals surface area contributed by atoms with Gasteiger partial charge in [0.15, 0.2) is 0 Å². The Labute approximate surface area is 119 Å². The van der Waals surface area contributed by atoms with Crippen LogP contribution >= 0.6 is 0 Å². The Morgan fingerprint density at radius 2 is 1.79 bits per heavy atom. The Morgan fingerprint density at radius 1 is 1.05 bits per heavy atom. The van der Waals surface area contributed by atoms with Crippen LogP contribution < -0.4 is 5.73 Å². The Hall–Kier alpha value is -0.0800. The van der Waals surface area contributed by atoms with E-state index < -0.39 is 0 Å². The summed E-state index contributed by atoms with van der Waals surface area (Å²) in [4.78, 5) is 2.82. The number of hydrogen-bond donors (Lipinski definition) is 1. The summed E-state index contributed by atoms with van der Waals surface area (Å²) in [6.07, 6.45) is 11.5. The summed E-state index contributed by atoms with van der Waals surface area (Å²) in [6.45, 7) is 7.34. The third kappa shape index (κ3) is 2.71. The Kier molecular flexibility index (Phi) is 3.92. The van der Waals surface area contributed by atoms with Crippen LogP contribution in [0.1, 0.15) is 65.2 Å². The van der Waals surface area contributed by atoms with Crippen molar-refractivity contribution >= 4 is 0 Å². The van der Waals surface area contributed by atoms with E-state index >= 15 is 0 Å². The SMILES string of the molecule is CC1(C)CCC(CN2CCCC2C2CCCC2)C1N. The van der Waals surface area contributed by atoms with Gasteiger partial charge in [-0.1, -0.05) is 26.7 Å². The fourth-order valence-corrected chi connectivity index (χ4v) is 5.00. The highest BCUT2D eigenvalue weighted by atomic mass is 15.2. The van der Waals surface area contributed by atoms with Crippen LogP contribution in [-0.4, -0.2) is 30.1 Å². The Balaban J connectivity index is 1.59. The van der Waals surface area contributed by atoms with Gasteiger partial charge >= 0.3 is 0 Å². The Bertz CT molecular complexity index is 306. The zero-order chi connectivity index (χ0) is 13.5. The summed E-state index contributed by atoms with van der Waals surface area (Å²) >= 11 is 0. The lowest BCUT2D eigenvalue weighted by Gasteiger charge is -2.34. The van der Waals surface area contributed by atoms with Crippen molar-refractivity contribution in [3.63, 3.8) is 0 Å². The van der Waals surface area contributed by atoms with Gasteiger partial charge in [-0.25, -0.2) is 0 Å². The monoisotopic (exact) mass is 264 g/mol. The molecule has 3 aliphatic rings. The summed E-state index contributed by atoms with van der Waals surface area (Å²) in [7, 11) is 0. The predicted molar refractivity (Wildman–Crippen MR) is 81.0 cm³/mol. The van der Waals surface area contributed by atoms with Crippen LogP contribution in [0.5, 0.6) is 0 Å². The highest BCUT2D eigenvalue weighted by molar-refractivity contribution is 4.97. The standard InChI is InChI=1S/C17H32N2/c1-17(2)10-9-14(16(17)18)12-19-11-5-8-15(19)13-6-3-4-7-13/h13-16H,3-12,18H2,1-2H3. The number of likely N-dealkylation sites (tertiary alicyclic amines) is 1. The number of rotatable bonds is 3. The molecule has 2 aliphatic carbocycles. The second-order valence-corrected chi connectivity index (χ2v) is 8.06. The average molecular weight is 264 g/mol. The van der Waals surface area contributed by atoms with Crippen LogP contribution in [0, 0.1) is 17.3 Å². The maximum absolute atomic E-state index is 6.51. The van der Waals surface area contributed by atoms with Crippen LogP contribution in [0.15, 0.2) is 0 Å². The number of nitrogens with zero attached hydrogens (tertiary/aromatic N) is 1. The highest BCUT2D eigenvalue weighted by Crippen LogP contribution is 2.42. The molecule has 0 aromatic heterocycles. The first-order valence-corrected chi connectivity index (χ1v) is 8.57. The first-order valence-electron chi connectivity index (χ1n) is 8.57. The first kappa shape index (κ1) is 13.9. The first-order chi connectivity index (χ1) is 9.08. The zero-order valence-corrected chi connectivity index (χ0v) is 12.9. The smallest absolute Gasteiger partial charge is 0.0131 e. The summed E-state index contributed by atoms with van der Waals surface area (Å²) in [6, 6.07) is 1.32. The van der Waals surface area contributed by atoms with E-state index in [9.17, 15) is 0 Å². The zero-order valence-electron chi connectivity index (χ0n) is 12.9. The van der Waals surface area contributed by atoms with E-state index in [-0.39, 0.29) is 0 Å². The molecule has 1 heterocycles. The molecule has 2 nitrogen and oxygen atoms in total. The van der Waals surface area contributed by atoms with E-state index in [4.69, 9.17) is 5.73 Å². The number of nitrogens with two attached hydrogens (primary N) is 1. The van der Waals surface area contributed by atoms with Crippen molar-refractivity contribution in [2.45, 2.75) is 77.3 Å².